The van der Waals surface area contributed by atoms with E-state index in [9.17, 15) is 4.79 Å². The Morgan fingerprint density at radius 1 is 1.35 bits per heavy atom. The Kier molecular flexibility index (Phi) is 3.90. The van der Waals surface area contributed by atoms with Gasteiger partial charge in [0.25, 0.3) is 0 Å². The van der Waals surface area contributed by atoms with Gasteiger partial charge in [0.05, 0.1) is 12.5 Å². The summed E-state index contributed by atoms with van der Waals surface area (Å²) >= 11 is 0. The van der Waals surface area contributed by atoms with Gasteiger partial charge < -0.3 is 4.74 Å². The molecule has 2 heteroatoms. The monoisotopic (exact) mass is 236 g/mol. The Morgan fingerprint density at radius 3 is 2.59 bits per heavy atom. The lowest BCUT2D eigenvalue weighted by atomic mass is 9.63. The van der Waals surface area contributed by atoms with E-state index in [2.05, 4.69) is 13.0 Å². The normalized spacial score (nSPS) is 29.8. The summed E-state index contributed by atoms with van der Waals surface area (Å²) in [6, 6.07) is 0. The van der Waals surface area contributed by atoms with Crippen molar-refractivity contribution in [3.63, 3.8) is 0 Å². The Morgan fingerprint density at radius 2 is 2.00 bits per heavy atom. The van der Waals surface area contributed by atoms with Gasteiger partial charge in [-0.3, -0.25) is 4.79 Å². The summed E-state index contributed by atoms with van der Waals surface area (Å²) in [6.45, 7) is 4.47. The molecule has 0 heterocycles. The van der Waals surface area contributed by atoms with Gasteiger partial charge in [0.15, 0.2) is 0 Å². The first-order valence-electron chi connectivity index (χ1n) is 7.05. The highest BCUT2D eigenvalue weighted by Gasteiger charge is 2.48. The Hall–Kier alpha value is -0.790. The highest BCUT2D eigenvalue weighted by molar-refractivity contribution is 5.77. The van der Waals surface area contributed by atoms with Crippen LogP contribution in [-0.4, -0.2) is 12.6 Å². The van der Waals surface area contributed by atoms with Gasteiger partial charge in [-0.05, 0) is 51.4 Å². The molecule has 2 aliphatic carbocycles. The zero-order valence-electron chi connectivity index (χ0n) is 11.1. The van der Waals surface area contributed by atoms with Crippen LogP contribution in [-0.2, 0) is 9.53 Å². The minimum atomic E-state index is 0.0298. The predicted octanol–water partition coefficient (Wildman–Crippen LogP) is 3.86. The van der Waals surface area contributed by atoms with Gasteiger partial charge in [-0.2, -0.15) is 0 Å². The number of hydrogen-bond acceptors (Lipinski definition) is 2. The van der Waals surface area contributed by atoms with Crippen molar-refractivity contribution < 1.29 is 9.53 Å². The highest BCUT2D eigenvalue weighted by atomic mass is 16.5. The van der Waals surface area contributed by atoms with Gasteiger partial charge in [0.1, 0.15) is 0 Å². The number of esters is 1. The van der Waals surface area contributed by atoms with Crippen LogP contribution in [0.25, 0.3) is 0 Å². The molecule has 2 aliphatic rings. The van der Waals surface area contributed by atoms with Crippen LogP contribution in [0.15, 0.2) is 11.6 Å². The maximum absolute atomic E-state index is 12.3. The molecule has 17 heavy (non-hydrogen) atoms. The van der Waals surface area contributed by atoms with Crippen LogP contribution in [0.4, 0.5) is 0 Å². The third-order valence-corrected chi connectivity index (χ3v) is 4.62. The van der Waals surface area contributed by atoms with Crippen molar-refractivity contribution in [3.05, 3.63) is 11.6 Å². The molecule has 1 atom stereocenters. The van der Waals surface area contributed by atoms with Gasteiger partial charge in [-0.25, -0.2) is 0 Å². The van der Waals surface area contributed by atoms with E-state index in [1.165, 1.54) is 44.1 Å². The molecule has 2 rings (SSSR count). The van der Waals surface area contributed by atoms with Crippen molar-refractivity contribution in [2.24, 2.45) is 11.3 Å². The molecule has 0 aromatic rings. The van der Waals surface area contributed by atoms with E-state index in [-0.39, 0.29) is 17.3 Å². The minimum Gasteiger partial charge on any atom is -0.466 e. The molecular formula is C15H24O2. The maximum atomic E-state index is 12.3. The molecule has 0 aromatic carbocycles. The van der Waals surface area contributed by atoms with Gasteiger partial charge in [-0.15, -0.1) is 0 Å². The zero-order valence-corrected chi connectivity index (χ0v) is 11.1. The van der Waals surface area contributed by atoms with Crippen molar-refractivity contribution in [2.45, 2.75) is 58.8 Å². The summed E-state index contributed by atoms with van der Waals surface area (Å²) in [5, 5.41) is 0. The van der Waals surface area contributed by atoms with Crippen LogP contribution in [0, 0.1) is 11.3 Å². The Bertz CT molecular complexity index is 311. The quantitative estimate of drug-likeness (QED) is 0.537. The standard InChI is InChI=1S/C15H24O2/c1-3-12-8-7-11-15(9-5-6-10-15)13(12)14(16)17-4-2/h3,13H,4-11H2,1-2H3. The molecule has 2 saturated carbocycles. The zero-order chi connectivity index (χ0) is 12.3. The first-order chi connectivity index (χ1) is 8.23. The molecule has 1 spiro atoms. The summed E-state index contributed by atoms with van der Waals surface area (Å²) in [6.07, 6.45) is 10.7. The second kappa shape index (κ2) is 5.24. The average Bonchev–Trinajstić information content (AvgIpc) is 2.77. The fourth-order valence-corrected chi connectivity index (χ4v) is 3.88. The predicted molar refractivity (Wildman–Crippen MR) is 68.6 cm³/mol. The molecule has 0 amide bonds. The second-order valence-electron chi connectivity index (χ2n) is 5.47. The minimum absolute atomic E-state index is 0.0298. The van der Waals surface area contributed by atoms with E-state index in [0.29, 0.717) is 6.61 Å². The number of hydrogen-bond donors (Lipinski definition) is 0. The molecule has 96 valence electrons. The highest BCUT2D eigenvalue weighted by Crippen LogP contribution is 2.54. The van der Waals surface area contributed by atoms with E-state index in [1.807, 2.05) is 6.92 Å². The molecule has 0 saturated heterocycles. The van der Waals surface area contributed by atoms with Crippen molar-refractivity contribution >= 4 is 5.97 Å². The van der Waals surface area contributed by atoms with Crippen LogP contribution >= 0.6 is 0 Å². The number of rotatable bonds is 2. The van der Waals surface area contributed by atoms with Crippen LogP contribution in [0.2, 0.25) is 0 Å². The van der Waals surface area contributed by atoms with Crippen molar-refractivity contribution in [2.75, 3.05) is 6.61 Å². The topological polar surface area (TPSA) is 26.3 Å². The van der Waals surface area contributed by atoms with Crippen LogP contribution < -0.4 is 0 Å². The fraction of sp³-hybridized carbons (Fsp3) is 0.800. The summed E-state index contributed by atoms with van der Waals surface area (Å²) in [5.74, 6) is 0.0888. The first kappa shape index (κ1) is 12.7. The van der Waals surface area contributed by atoms with E-state index in [4.69, 9.17) is 4.74 Å². The molecule has 0 bridgehead atoms. The number of allylic oxidation sites excluding steroid dienone is 1. The maximum Gasteiger partial charge on any atom is 0.313 e. The SMILES string of the molecule is CC=C1CCCC2(CCCC2)C1C(=O)OCC. The van der Waals surface area contributed by atoms with Crippen LogP contribution in [0.3, 0.4) is 0 Å². The Labute approximate surface area is 104 Å². The second-order valence-corrected chi connectivity index (χ2v) is 5.47. The molecular weight excluding hydrogens is 212 g/mol. The van der Waals surface area contributed by atoms with Gasteiger partial charge in [-0.1, -0.05) is 24.5 Å². The third-order valence-electron chi connectivity index (χ3n) is 4.62. The lowest BCUT2D eigenvalue weighted by Gasteiger charge is -2.41. The summed E-state index contributed by atoms with van der Waals surface area (Å²) < 4.78 is 5.32. The molecule has 0 N–H and O–H groups in total. The van der Waals surface area contributed by atoms with E-state index < -0.39 is 0 Å². The third kappa shape index (κ3) is 2.27. The van der Waals surface area contributed by atoms with E-state index in [0.717, 1.165) is 6.42 Å². The summed E-state index contributed by atoms with van der Waals surface area (Å²) in [7, 11) is 0. The number of carbonyl (C=O) groups is 1. The molecule has 2 nitrogen and oxygen atoms in total. The molecule has 0 aromatic heterocycles. The average molecular weight is 236 g/mol. The van der Waals surface area contributed by atoms with Crippen molar-refractivity contribution in [1.29, 1.82) is 0 Å². The molecule has 0 radical (unpaired) electrons. The van der Waals surface area contributed by atoms with E-state index >= 15 is 0 Å². The molecule has 2 fully saturated rings. The fourth-order valence-electron chi connectivity index (χ4n) is 3.88. The lowest BCUT2D eigenvalue weighted by Crippen LogP contribution is -2.39. The van der Waals surface area contributed by atoms with Gasteiger partial charge in [0.2, 0.25) is 0 Å². The van der Waals surface area contributed by atoms with Crippen LogP contribution in [0.5, 0.6) is 0 Å². The first-order valence-corrected chi connectivity index (χ1v) is 7.05. The van der Waals surface area contributed by atoms with Gasteiger partial charge in [0, 0.05) is 0 Å². The molecule has 0 aliphatic heterocycles. The largest absolute Gasteiger partial charge is 0.466 e. The van der Waals surface area contributed by atoms with E-state index in [1.54, 1.807) is 0 Å². The summed E-state index contributed by atoms with van der Waals surface area (Å²) in [5.41, 5.74) is 1.57. The van der Waals surface area contributed by atoms with Crippen molar-refractivity contribution in [3.8, 4) is 0 Å². The van der Waals surface area contributed by atoms with Crippen molar-refractivity contribution in [1.82, 2.24) is 0 Å². The van der Waals surface area contributed by atoms with Crippen LogP contribution in [0.1, 0.15) is 58.8 Å². The molecule has 1 unspecified atom stereocenters. The number of ether oxygens (including phenoxy) is 1. The lowest BCUT2D eigenvalue weighted by molar-refractivity contribution is -0.152. The Balaban J connectivity index is 2.26. The smallest absolute Gasteiger partial charge is 0.313 e. The summed E-state index contributed by atoms with van der Waals surface area (Å²) in [4.78, 5) is 12.3. The number of carbonyl (C=O) groups excluding carboxylic acids is 1. The van der Waals surface area contributed by atoms with Gasteiger partial charge >= 0.3 is 5.97 Å².